The summed E-state index contributed by atoms with van der Waals surface area (Å²) in [5.41, 5.74) is 1.33. The number of nitrogens with zero attached hydrogens (tertiary/aromatic N) is 1. The maximum atomic E-state index is 12.7. The number of carbonyl (C=O) groups excluding carboxylic acids is 1. The Balaban J connectivity index is 1.91. The molecule has 0 saturated carbocycles. The number of amides is 1. The molecule has 2 heterocycles. The van der Waals surface area contributed by atoms with Crippen molar-refractivity contribution in [2.45, 2.75) is 49.5 Å². The average molecular weight is 324 g/mol. The van der Waals surface area contributed by atoms with Crippen LogP contribution in [0.1, 0.15) is 41.6 Å². The van der Waals surface area contributed by atoms with E-state index in [2.05, 4.69) is 20.8 Å². The van der Waals surface area contributed by atoms with Crippen molar-refractivity contribution in [3.8, 4) is 5.75 Å². The van der Waals surface area contributed by atoms with Gasteiger partial charge in [-0.05, 0) is 44.7 Å². The fourth-order valence-corrected chi connectivity index (χ4v) is 4.30. The van der Waals surface area contributed by atoms with Crippen LogP contribution in [-0.2, 0) is 0 Å². The number of rotatable bonds is 1. The van der Waals surface area contributed by atoms with Gasteiger partial charge in [0.15, 0.2) is 0 Å². The molecule has 2 saturated heterocycles. The summed E-state index contributed by atoms with van der Waals surface area (Å²) in [4.78, 5) is 15.3. The van der Waals surface area contributed by atoms with E-state index in [0.717, 1.165) is 25.7 Å². The van der Waals surface area contributed by atoms with Gasteiger partial charge in [0.05, 0.1) is 0 Å². The molecule has 0 aromatic heterocycles. The molecule has 3 rings (SSSR count). The van der Waals surface area contributed by atoms with Gasteiger partial charge in [0.25, 0.3) is 5.91 Å². The van der Waals surface area contributed by atoms with Crippen LogP contribution in [0.2, 0.25) is 0 Å². The number of phenols is 1. The zero-order valence-corrected chi connectivity index (χ0v) is 12.6. The van der Waals surface area contributed by atoms with Crippen molar-refractivity contribution in [1.82, 2.24) is 4.90 Å². The fraction of sp³-hybridized carbons (Fsp3) is 0.533. The smallest absolute Gasteiger partial charge is 0.254 e. The van der Waals surface area contributed by atoms with Gasteiger partial charge in [-0.25, -0.2) is 0 Å². The molecule has 2 bridgehead atoms. The van der Waals surface area contributed by atoms with Crippen molar-refractivity contribution in [3.63, 3.8) is 0 Å². The van der Waals surface area contributed by atoms with Crippen molar-refractivity contribution < 1.29 is 9.90 Å². The minimum Gasteiger partial charge on any atom is -0.508 e. The highest BCUT2D eigenvalue weighted by molar-refractivity contribution is 9.09. The molecule has 19 heavy (non-hydrogen) atoms. The monoisotopic (exact) mass is 323 g/mol. The van der Waals surface area contributed by atoms with E-state index >= 15 is 0 Å². The van der Waals surface area contributed by atoms with Crippen LogP contribution in [0.15, 0.2) is 18.2 Å². The highest BCUT2D eigenvalue weighted by atomic mass is 79.9. The van der Waals surface area contributed by atoms with Gasteiger partial charge in [0.1, 0.15) is 5.75 Å². The zero-order valence-electron chi connectivity index (χ0n) is 11.0. The molecule has 4 heteroatoms. The Morgan fingerprint density at radius 2 is 1.95 bits per heavy atom. The lowest BCUT2D eigenvalue weighted by Gasteiger charge is -2.37. The Bertz CT molecular complexity index is 503. The molecule has 2 unspecified atom stereocenters. The summed E-state index contributed by atoms with van der Waals surface area (Å²) in [6.07, 6.45) is 4.30. The molecule has 2 aliphatic rings. The Labute approximate surface area is 121 Å². The van der Waals surface area contributed by atoms with E-state index in [4.69, 9.17) is 0 Å². The van der Waals surface area contributed by atoms with E-state index < -0.39 is 0 Å². The van der Waals surface area contributed by atoms with E-state index in [-0.39, 0.29) is 11.7 Å². The van der Waals surface area contributed by atoms with Crippen LogP contribution in [0, 0.1) is 6.92 Å². The second kappa shape index (κ2) is 4.82. The molecule has 0 aliphatic carbocycles. The predicted molar refractivity (Wildman–Crippen MR) is 77.8 cm³/mol. The predicted octanol–water partition coefficient (Wildman–Crippen LogP) is 3.23. The standard InChI is InChI=1S/C15H18BrNO2/c1-9-13(3-2-4-14(9)18)15(19)17-11-5-6-12(17)8-10(16)7-11/h2-4,10-12,18H,5-8H2,1H3. The highest BCUT2D eigenvalue weighted by Gasteiger charge is 2.42. The molecule has 1 aromatic rings. The SMILES string of the molecule is Cc1c(O)cccc1C(=O)N1C2CCC1CC(Br)C2. The van der Waals surface area contributed by atoms with Gasteiger partial charge in [0, 0.05) is 28.0 Å². The summed E-state index contributed by atoms with van der Waals surface area (Å²) < 4.78 is 0. The van der Waals surface area contributed by atoms with Crippen LogP contribution >= 0.6 is 15.9 Å². The van der Waals surface area contributed by atoms with Gasteiger partial charge in [-0.3, -0.25) is 4.79 Å². The largest absolute Gasteiger partial charge is 0.508 e. The lowest BCUT2D eigenvalue weighted by atomic mass is 9.99. The number of carbonyl (C=O) groups is 1. The van der Waals surface area contributed by atoms with E-state index in [1.165, 1.54) is 0 Å². The third-order valence-corrected chi connectivity index (χ3v) is 5.19. The summed E-state index contributed by atoms with van der Waals surface area (Å²) in [5.74, 6) is 0.286. The Hall–Kier alpha value is -1.03. The zero-order chi connectivity index (χ0) is 13.6. The highest BCUT2D eigenvalue weighted by Crippen LogP contribution is 2.39. The van der Waals surface area contributed by atoms with Gasteiger partial charge in [0.2, 0.25) is 0 Å². The number of benzene rings is 1. The molecule has 3 nitrogen and oxygen atoms in total. The summed E-state index contributed by atoms with van der Waals surface area (Å²) in [6.45, 7) is 1.81. The molecule has 0 radical (unpaired) electrons. The summed E-state index contributed by atoms with van der Waals surface area (Å²) >= 11 is 3.69. The number of phenolic OH excluding ortho intramolecular Hbond substituents is 1. The number of alkyl halides is 1. The molecule has 1 aromatic carbocycles. The number of aromatic hydroxyl groups is 1. The second-order valence-electron chi connectivity index (χ2n) is 5.62. The number of fused-ring (bicyclic) bond motifs is 2. The molecular weight excluding hydrogens is 306 g/mol. The Kier molecular flexibility index (Phi) is 3.29. The quantitative estimate of drug-likeness (QED) is 0.806. The van der Waals surface area contributed by atoms with E-state index in [0.29, 0.717) is 28.0 Å². The van der Waals surface area contributed by atoms with Gasteiger partial charge >= 0.3 is 0 Å². The van der Waals surface area contributed by atoms with Crippen LogP contribution in [0.4, 0.5) is 0 Å². The number of halogens is 1. The molecule has 2 fully saturated rings. The summed E-state index contributed by atoms with van der Waals surface area (Å²) in [6, 6.07) is 5.91. The average Bonchev–Trinajstić information content (AvgIpc) is 2.64. The Morgan fingerprint density at radius 1 is 1.32 bits per heavy atom. The maximum Gasteiger partial charge on any atom is 0.254 e. The van der Waals surface area contributed by atoms with Crippen molar-refractivity contribution in [2.24, 2.45) is 0 Å². The van der Waals surface area contributed by atoms with Gasteiger partial charge in [-0.1, -0.05) is 22.0 Å². The topological polar surface area (TPSA) is 40.5 Å². The summed E-state index contributed by atoms with van der Waals surface area (Å²) in [5, 5.41) is 9.76. The minimum atomic E-state index is 0.0836. The summed E-state index contributed by atoms with van der Waals surface area (Å²) in [7, 11) is 0. The van der Waals surface area contributed by atoms with E-state index in [1.807, 2.05) is 13.0 Å². The molecular formula is C15H18BrNO2. The van der Waals surface area contributed by atoms with Crippen LogP contribution in [0.25, 0.3) is 0 Å². The number of hydrogen-bond acceptors (Lipinski definition) is 2. The second-order valence-corrected chi connectivity index (χ2v) is 6.91. The fourth-order valence-electron chi connectivity index (χ4n) is 3.44. The molecule has 2 aliphatic heterocycles. The molecule has 102 valence electrons. The van der Waals surface area contributed by atoms with Gasteiger partial charge in [-0.15, -0.1) is 0 Å². The third kappa shape index (κ3) is 2.16. The first kappa shape index (κ1) is 13.0. The maximum absolute atomic E-state index is 12.7. The minimum absolute atomic E-state index is 0.0836. The van der Waals surface area contributed by atoms with E-state index in [9.17, 15) is 9.90 Å². The molecule has 0 spiro atoms. The first-order valence-corrected chi connectivity index (χ1v) is 7.75. The van der Waals surface area contributed by atoms with Gasteiger partial charge in [-0.2, -0.15) is 0 Å². The van der Waals surface area contributed by atoms with E-state index in [1.54, 1.807) is 12.1 Å². The molecule has 1 N–H and O–H groups in total. The van der Waals surface area contributed by atoms with Crippen molar-refractivity contribution in [2.75, 3.05) is 0 Å². The van der Waals surface area contributed by atoms with Crippen LogP contribution < -0.4 is 0 Å². The van der Waals surface area contributed by atoms with Crippen molar-refractivity contribution in [1.29, 1.82) is 0 Å². The lowest BCUT2D eigenvalue weighted by Crippen LogP contribution is -2.47. The first-order valence-electron chi connectivity index (χ1n) is 6.83. The lowest BCUT2D eigenvalue weighted by molar-refractivity contribution is 0.0602. The van der Waals surface area contributed by atoms with Crippen LogP contribution in [0.3, 0.4) is 0 Å². The van der Waals surface area contributed by atoms with Crippen molar-refractivity contribution in [3.05, 3.63) is 29.3 Å². The number of piperidine rings is 1. The first-order chi connectivity index (χ1) is 9.08. The van der Waals surface area contributed by atoms with Crippen molar-refractivity contribution >= 4 is 21.8 Å². The normalized spacial score (nSPS) is 29.6. The third-order valence-electron chi connectivity index (χ3n) is 4.45. The number of hydrogen-bond donors (Lipinski definition) is 1. The molecule has 2 atom stereocenters. The molecule has 1 amide bonds. The van der Waals surface area contributed by atoms with Crippen LogP contribution in [-0.4, -0.2) is 32.8 Å². The van der Waals surface area contributed by atoms with Crippen LogP contribution in [0.5, 0.6) is 5.75 Å². The Morgan fingerprint density at radius 3 is 2.58 bits per heavy atom. The van der Waals surface area contributed by atoms with Gasteiger partial charge < -0.3 is 10.0 Å².